The van der Waals surface area contributed by atoms with Gasteiger partial charge in [0, 0.05) is 6.20 Å². The van der Waals surface area contributed by atoms with E-state index in [1.807, 2.05) is 19.1 Å². The summed E-state index contributed by atoms with van der Waals surface area (Å²) in [5, 5.41) is 2.99. The first-order valence-electron chi connectivity index (χ1n) is 7.36. The third-order valence-corrected chi connectivity index (χ3v) is 3.66. The van der Waals surface area contributed by atoms with Gasteiger partial charge in [-0.15, -0.1) is 0 Å². The van der Waals surface area contributed by atoms with Crippen molar-refractivity contribution >= 4 is 40.9 Å². The lowest BCUT2D eigenvalue weighted by Crippen LogP contribution is -2.32. The van der Waals surface area contributed by atoms with Crippen molar-refractivity contribution in [3.8, 4) is 5.75 Å². The van der Waals surface area contributed by atoms with E-state index in [4.69, 9.17) is 32.7 Å². The molecule has 0 bridgehead atoms. The molecule has 0 aliphatic carbocycles. The molecule has 1 amide bonds. The average molecular weight is 383 g/mol. The number of aryl methyl sites for hydroxylation is 1. The highest BCUT2D eigenvalue weighted by molar-refractivity contribution is 6.36. The minimum atomic E-state index is -1.04. The molecule has 1 aromatic carbocycles. The Morgan fingerprint density at radius 2 is 2.00 bits per heavy atom. The number of anilines is 1. The summed E-state index contributed by atoms with van der Waals surface area (Å²) in [5.74, 6) is -0.522. The van der Waals surface area contributed by atoms with E-state index >= 15 is 0 Å². The lowest BCUT2D eigenvalue weighted by atomic mass is 10.2. The predicted octanol–water partition coefficient (Wildman–Crippen LogP) is 3.65. The van der Waals surface area contributed by atoms with Gasteiger partial charge in [0.2, 0.25) is 0 Å². The lowest BCUT2D eigenvalue weighted by Gasteiger charge is -2.14. The van der Waals surface area contributed by atoms with Gasteiger partial charge in [0.05, 0.1) is 10.0 Å². The van der Waals surface area contributed by atoms with Crippen LogP contribution in [0.3, 0.4) is 0 Å². The van der Waals surface area contributed by atoms with Crippen LogP contribution in [0.15, 0.2) is 36.5 Å². The Bertz CT molecular complexity index is 783. The molecular weight excluding hydrogens is 367 g/mol. The van der Waals surface area contributed by atoms with Crippen molar-refractivity contribution in [3.63, 3.8) is 0 Å². The molecule has 1 heterocycles. The summed E-state index contributed by atoms with van der Waals surface area (Å²) in [6, 6.07) is 8.71. The van der Waals surface area contributed by atoms with Crippen molar-refractivity contribution in [2.45, 2.75) is 20.0 Å². The summed E-state index contributed by atoms with van der Waals surface area (Å²) in [6.07, 6.45) is 0.303. The Morgan fingerprint density at radius 1 is 1.28 bits per heavy atom. The van der Waals surface area contributed by atoms with E-state index in [2.05, 4.69) is 10.3 Å². The highest BCUT2D eigenvalue weighted by atomic mass is 35.5. The molecule has 6 nitrogen and oxygen atoms in total. The van der Waals surface area contributed by atoms with Gasteiger partial charge in [0.15, 0.2) is 18.5 Å². The number of nitrogens with one attached hydrogen (secondary N) is 1. The van der Waals surface area contributed by atoms with Gasteiger partial charge >= 0.3 is 5.97 Å². The molecule has 0 aliphatic rings. The van der Waals surface area contributed by atoms with Crippen molar-refractivity contribution < 1.29 is 19.1 Å². The molecule has 132 valence electrons. The number of esters is 1. The second kappa shape index (κ2) is 8.69. The Labute approximate surface area is 155 Å². The summed E-state index contributed by atoms with van der Waals surface area (Å²) in [4.78, 5) is 27.8. The van der Waals surface area contributed by atoms with Crippen molar-refractivity contribution in [1.29, 1.82) is 0 Å². The third kappa shape index (κ3) is 5.62. The first-order valence-corrected chi connectivity index (χ1v) is 8.12. The van der Waals surface area contributed by atoms with Crippen LogP contribution in [-0.2, 0) is 14.3 Å². The lowest BCUT2D eigenvalue weighted by molar-refractivity contribution is -0.155. The maximum absolute atomic E-state index is 12.1. The number of ether oxygens (including phenoxy) is 2. The molecule has 0 saturated heterocycles. The highest BCUT2D eigenvalue weighted by Crippen LogP contribution is 2.22. The van der Waals surface area contributed by atoms with Gasteiger partial charge in [0.25, 0.3) is 5.91 Å². The van der Waals surface area contributed by atoms with Crippen LogP contribution in [0.2, 0.25) is 10.0 Å². The standard InChI is InChI=1S/C17H16Cl2N2O4/c1-10-5-3-4-6-14(10)24-9-15(22)25-11(2)17(23)21-16-13(19)7-12(18)8-20-16/h3-8,11H,9H2,1-2H3,(H,20,21,23)/t11-/m0/s1. The smallest absolute Gasteiger partial charge is 0.344 e. The van der Waals surface area contributed by atoms with E-state index < -0.39 is 18.0 Å². The normalized spacial score (nSPS) is 11.5. The van der Waals surface area contributed by atoms with Gasteiger partial charge in [-0.3, -0.25) is 4.79 Å². The topological polar surface area (TPSA) is 77.5 Å². The van der Waals surface area contributed by atoms with Crippen molar-refractivity contribution in [3.05, 3.63) is 52.1 Å². The Kier molecular flexibility index (Phi) is 6.61. The predicted molar refractivity (Wildman–Crippen MR) is 95.1 cm³/mol. The SMILES string of the molecule is Cc1ccccc1OCC(=O)O[C@@H](C)C(=O)Nc1ncc(Cl)cc1Cl. The fourth-order valence-electron chi connectivity index (χ4n) is 1.86. The molecule has 0 spiro atoms. The quantitative estimate of drug-likeness (QED) is 0.771. The zero-order chi connectivity index (χ0) is 18.4. The molecule has 0 fully saturated rings. The van der Waals surface area contributed by atoms with E-state index in [9.17, 15) is 9.59 Å². The van der Waals surface area contributed by atoms with Crippen LogP contribution in [0.1, 0.15) is 12.5 Å². The summed E-state index contributed by atoms with van der Waals surface area (Å²) in [6.45, 7) is 2.99. The number of amides is 1. The number of nitrogens with zero attached hydrogens (tertiary/aromatic N) is 1. The van der Waals surface area contributed by atoms with E-state index in [0.717, 1.165) is 5.56 Å². The van der Waals surface area contributed by atoms with E-state index in [1.54, 1.807) is 12.1 Å². The number of rotatable bonds is 6. The Balaban J connectivity index is 1.85. The number of para-hydroxylation sites is 1. The van der Waals surface area contributed by atoms with E-state index in [-0.39, 0.29) is 17.4 Å². The monoisotopic (exact) mass is 382 g/mol. The number of carbonyl (C=O) groups is 2. The third-order valence-electron chi connectivity index (χ3n) is 3.17. The number of carbonyl (C=O) groups excluding carboxylic acids is 2. The average Bonchev–Trinajstić information content (AvgIpc) is 2.56. The van der Waals surface area contributed by atoms with Crippen molar-refractivity contribution in [2.75, 3.05) is 11.9 Å². The molecule has 8 heteroatoms. The summed E-state index contributed by atoms with van der Waals surface area (Å²) in [5.41, 5.74) is 0.893. The van der Waals surface area contributed by atoms with Gasteiger partial charge in [-0.2, -0.15) is 0 Å². The van der Waals surface area contributed by atoms with Gasteiger partial charge in [-0.05, 0) is 31.5 Å². The summed E-state index contributed by atoms with van der Waals surface area (Å²) < 4.78 is 10.4. The molecule has 1 atom stereocenters. The van der Waals surface area contributed by atoms with Crippen LogP contribution in [0.25, 0.3) is 0 Å². The number of pyridine rings is 1. The fourth-order valence-corrected chi connectivity index (χ4v) is 2.29. The molecule has 0 saturated carbocycles. The molecule has 1 N–H and O–H groups in total. The minimum Gasteiger partial charge on any atom is -0.482 e. The zero-order valence-electron chi connectivity index (χ0n) is 13.6. The summed E-state index contributed by atoms with van der Waals surface area (Å²) in [7, 11) is 0. The zero-order valence-corrected chi connectivity index (χ0v) is 15.1. The minimum absolute atomic E-state index is 0.134. The molecule has 0 aliphatic heterocycles. The maximum atomic E-state index is 12.1. The molecule has 25 heavy (non-hydrogen) atoms. The van der Waals surface area contributed by atoms with Crippen LogP contribution < -0.4 is 10.1 Å². The van der Waals surface area contributed by atoms with Crippen LogP contribution >= 0.6 is 23.2 Å². The second-order valence-electron chi connectivity index (χ2n) is 5.16. The van der Waals surface area contributed by atoms with Gasteiger partial charge in [0.1, 0.15) is 5.75 Å². The molecular formula is C17H16Cl2N2O4. The van der Waals surface area contributed by atoms with E-state index in [0.29, 0.717) is 10.8 Å². The van der Waals surface area contributed by atoms with Crippen LogP contribution in [0, 0.1) is 6.92 Å². The van der Waals surface area contributed by atoms with Crippen molar-refractivity contribution in [1.82, 2.24) is 4.98 Å². The Morgan fingerprint density at radius 3 is 2.68 bits per heavy atom. The maximum Gasteiger partial charge on any atom is 0.344 e. The van der Waals surface area contributed by atoms with E-state index in [1.165, 1.54) is 19.2 Å². The number of benzene rings is 1. The first kappa shape index (κ1) is 19.0. The molecule has 2 aromatic rings. The number of hydrogen-bond donors (Lipinski definition) is 1. The van der Waals surface area contributed by atoms with Crippen LogP contribution in [-0.4, -0.2) is 29.6 Å². The molecule has 0 unspecified atom stereocenters. The first-order chi connectivity index (χ1) is 11.9. The van der Waals surface area contributed by atoms with Crippen LogP contribution in [0.4, 0.5) is 5.82 Å². The second-order valence-corrected chi connectivity index (χ2v) is 6.00. The van der Waals surface area contributed by atoms with Gasteiger partial charge in [-0.1, -0.05) is 41.4 Å². The largest absolute Gasteiger partial charge is 0.482 e. The van der Waals surface area contributed by atoms with Gasteiger partial charge < -0.3 is 14.8 Å². The van der Waals surface area contributed by atoms with Crippen LogP contribution in [0.5, 0.6) is 5.75 Å². The highest BCUT2D eigenvalue weighted by Gasteiger charge is 2.20. The summed E-state index contributed by atoms with van der Waals surface area (Å²) >= 11 is 11.7. The number of aromatic nitrogens is 1. The molecule has 0 radical (unpaired) electrons. The number of hydrogen-bond acceptors (Lipinski definition) is 5. The number of halogens is 2. The fraction of sp³-hybridized carbons (Fsp3) is 0.235. The van der Waals surface area contributed by atoms with Gasteiger partial charge in [-0.25, -0.2) is 9.78 Å². The molecule has 1 aromatic heterocycles. The Hall–Kier alpha value is -2.31. The van der Waals surface area contributed by atoms with Crippen molar-refractivity contribution in [2.24, 2.45) is 0 Å². The molecule has 2 rings (SSSR count).